The average molecular weight is 296 g/mol. The Bertz CT molecular complexity index is 552. The molecule has 2 N–H and O–H groups in total. The topological polar surface area (TPSA) is 63.4 Å². The van der Waals surface area contributed by atoms with Crippen molar-refractivity contribution in [3.63, 3.8) is 0 Å². The van der Waals surface area contributed by atoms with Crippen molar-refractivity contribution in [3.05, 3.63) is 29.8 Å². The molecule has 4 nitrogen and oxygen atoms in total. The summed E-state index contributed by atoms with van der Waals surface area (Å²) in [6.45, 7) is 7.22. The lowest BCUT2D eigenvalue weighted by atomic mass is 9.96. The highest BCUT2D eigenvalue weighted by Gasteiger charge is 2.31. The quantitative estimate of drug-likeness (QED) is 0.929. The summed E-state index contributed by atoms with van der Waals surface area (Å²) in [5.41, 5.74) is 7.11. The Kier molecular flexibility index (Phi) is 4.52. The highest BCUT2D eigenvalue weighted by Crippen LogP contribution is 2.24. The van der Waals surface area contributed by atoms with Gasteiger partial charge < -0.3 is 5.73 Å². The van der Waals surface area contributed by atoms with E-state index >= 15 is 0 Å². The van der Waals surface area contributed by atoms with Crippen LogP contribution in [0.3, 0.4) is 0 Å². The molecule has 0 spiro atoms. The van der Waals surface area contributed by atoms with Gasteiger partial charge in [0, 0.05) is 19.1 Å². The minimum Gasteiger partial charge on any atom is -0.327 e. The van der Waals surface area contributed by atoms with Crippen LogP contribution < -0.4 is 5.73 Å². The molecule has 5 heteroatoms. The zero-order valence-electron chi connectivity index (χ0n) is 12.4. The van der Waals surface area contributed by atoms with Gasteiger partial charge in [-0.1, -0.05) is 32.9 Å². The molecule has 1 saturated heterocycles. The number of piperidine rings is 1. The third kappa shape index (κ3) is 3.05. The van der Waals surface area contributed by atoms with E-state index in [4.69, 9.17) is 5.73 Å². The maximum atomic E-state index is 12.6. The molecule has 0 bridgehead atoms. The highest BCUT2D eigenvalue weighted by molar-refractivity contribution is 7.89. The van der Waals surface area contributed by atoms with Gasteiger partial charge in [-0.15, -0.1) is 0 Å². The van der Waals surface area contributed by atoms with Crippen LogP contribution in [0.5, 0.6) is 0 Å². The van der Waals surface area contributed by atoms with Crippen LogP contribution in [0.2, 0.25) is 0 Å². The third-order valence-corrected chi connectivity index (χ3v) is 6.00. The molecule has 0 saturated carbocycles. The van der Waals surface area contributed by atoms with Crippen molar-refractivity contribution in [3.8, 4) is 0 Å². The summed E-state index contributed by atoms with van der Waals surface area (Å²) in [7, 11) is -3.38. The molecule has 2 rings (SSSR count). The molecule has 1 heterocycles. The Morgan fingerprint density at radius 3 is 2.35 bits per heavy atom. The summed E-state index contributed by atoms with van der Waals surface area (Å²) in [6, 6.07) is 7.32. The van der Waals surface area contributed by atoms with Crippen molar-refractivity contribution >= 4 is 10.0 Å². The predicted octanol–water partition coefficient (Wildman–Crippen LogP) is 2.17. The Balaban J connectivity index is 2.22. The van der Waals surface area contributed by atoms with E-state index in [0.717, 1.165) is 12.0 Å². The van der Waals surface area contributed by atoms with Crippen molar-refractivity contribution in [2.75, 3.05) is 13.1 Å². The number of rotatable bonds is 3. The first-order valence-electron chi connectivity index (χ1n) is 7.18. The first kappa shape index (κ1) is 15.5. The van der Waals surface area contributed by atoms with Gasteiger partial charge in [-0.3, -0.25) is 0 Å². The van der Waals surface area contributed by atoms with Gasteiger partial charge in [-0.05, 0) is 36.0 Å². The molecule has 1 aromatic rings. The van der Waals surface area contributed by atoms with E-state index in [0.29, 0.717) is 23.9 Å². The molecule has 0 aromatic heterocycles. The van der Waals surface area contributed by atoms with Crippen LogP contribution in [-0.4, -0.2) is 31.9 Å². The van der Waals surface area contributed by atoms with Gasteiger partial charge in [0.05, 0.1) is 4.90 Å². The van der Waals surface area contributed by atoms with E-state index < -0.39 is 10.0 Å². The van der Waals surface area contributed by atoms with Gasteiger partial charge in [-0.2, -0.15) is 4.31 Å². The normalized spacial score (nSPS) is 25.1. The van der Waals surface area contributed by atoms with Gasteiger partial charge in [-0.25, -0.2) is 8.42 Å². The van der Waals surface area contributed by atoms with E-state index in [1.807, 2.05) is 19.1 Å². The molecule has 2 unspecified atom stereocenters. The Morgan fingerprint density at radius 1 is 1.25 bits per heavy atom. The van der Waals surface area contributed by atoms with Crippen LogP contribution in [-0.2, 0) is 10.0 Å². The Labute approximate surface area is 122 Å². The third-order valence-electron chi connectivity index (χ3n) is 4.12. The largest absolute Gasteiger partial charge is 0.327 e. The lowest BCUT2D eigenvalue weighted by molar-refractivity contribution is 0.250. The van der Waals surface area contributed by atoms with E-state index in [1.54, 1.807) is 16.4 Å². The molecule has 0 amide bonds. The first-order chi connectivity index (χ1) is 9.32. The van der Waals surface area contributed by atoms with E-state index in [9.17, 15) is 8.42 Å². The fourth-order valence-corrected chi connectivity index (χ4v) is 4.07. The van der Waals surface area contributed by atoms with Crippen molar-refractivity contribution < 1.29 is 8.42 Å². The molecule has 1 aliphatic heterocycles. The molecule has 0 radical (unpaired) electrons. The van der Waals surface area contributed by atoms with Crippen molar-refractivity contribution in [2.45, 2.75) is 44.0 Å². The molecule has 1 aliphatic rings. The zero-order valence-corrected chi connectivity index (χ0v) is 13.2. The Hall–Kier alpha value is -0.910. The Morgan fingerprint density at radius 2 is 1.85 bits per heavy atom. The van der Waals surface area contributed by atoms with Crippen molar-refractivity contribution in [1.29, 1.82) is 0 Å². The fourth-order valence-electron chi connectivity index (χ4n) is 2.52. The lowest BCUT2D eigenvalue weighted by Crippen LogP contribution is -2.48. The molecule has 20 heavy (non-hydrogen) atoms. The lowest BCUT2D eigenvalue weighted by Gasteiger charge is -2.34. The second kappa shape index (κ2) is 5.84. The number of nitrogens with zero attached hydrogens (tertiary/aromatic N) is 1. The number of hydrogen-bond acceptors (Lipinski definition) is 3. The van der Waals surface area contributed by atoms with Crippen LogP contribution >= 0.6 is 0 Å². The standard InChI is InChI=1S/C15H24N2O2S/c1-11(2)13-4-6-14(7-5-13)20(18,19)17-9-8-15(16)12(3)10-17/h4-7,11-12,15H,8-10,16H2,1-3H3. The molecule has 0 aliphatic carbocycles. The second-order valence-corrected chi connectivity index (χ2v) is 7.95. The van der Waals surface area contributed by atoms with Crippen LogP contribution in [0.25, 0.3) is 0 Å². The zero-order chi connectivity index (χ0) is 14.9. The number of benzene rings is 1. The smallest absolute Gasteiger partial charge is 0.243 e. The number of sulfonamides is 1. The van der Waals surface area contributed by atoms with Gasteiger partial charge in [0.2, 0.25) is 10.0 Å². The fraction of sp³-hybridized carbons (Fsp3) is 0.600. The summed E-state index contributed by atoms with van der Waals surface area (Å²) in [5.74, 6) is 0.605. The monoisotopic (exact) mass is 296 g/mol. The highest BCUT2D eigenvalue weighted by atomic mass is 32.2. The maximum Gasteiger partial charge on any atom is 0.243 e. The van der Waals surface area contributed by atoms with Crippen molar-refractivity contribution in [1.82, 2.24) is 4.31 Å². The summed E-state index contributed by atoms with van der Waals surface area (Å²) >= 11 is 0. The summed E-state index contributed by atoms with van der Waals surface area (Å²) in [6.07, 6.45) is 0.727. The average Bonchev–Trinajstić information content (AvgIpc) is 2.41. The number of nitrogens with two attached hydrogens (primary N) is 1. The molecular weight excluding hydrogens is 272 g/mol. The molecule has 2 atom stereocenters. The molecule has 1 fully saturated rings. The van der Waals surface area contributed by atoms with Gasteiger partial charge in [0.1, 0.15) is 0 Å². The summed E-state index contributed by atoms with van der Waals surface area (Å²) in [4.78, 5) is 0.379. The summed E-state index contributed by atoms with van der Waals surface area (Å²) < 4.78 is 26.8. The van der Waals surface area contributed by atoms with Crippen LogP contribution in [0.15, 0.2) is 29.2 Å². The van der Waals surface area contributed by atoms with Gasteiger partial charge in [0.15, 0.2) is 0 Å². The van der Waals surface area contributed by atoms with Crippen molar-refractivity contribution in [2.24, 2.45) is 11.7 Å². The van der Waals surface area contributed by atoms with Crippen LogP contribution in [0.1, 0.15) is 38.7 Å². The molecule has 1 aromatic carbocycles. The number of hydrogen-bond donors (Lipinski definition) is 1. The summed E-state index contributed by atoms with van der Waals surface area (Å²) in [5, 5.41) is 0. The minimum absolute atomic E-state index is 0.102. The van der Waals surface area contributed by atoms with Gasteiger partial charge in [0.25, 0.3) is 0 Å². The van der Waals surface area contributed by atoms with E-state index in [1.165, 1.54) is 0 Å². The minimum atomic E-state index is -3.38. The van der Waals surface area contributed by atoms with Gasteiger partial charge >= 0.3 is 0 Å². The first-order valence-corrected chi connectivity index (χ1v) is 8.62. The second-order valence-electron chi connectivity index (χ2n) is 6.02. The predicted molar refractivity (Wildman–Crippen MR) is 81.0 cm³/mol. The van der Waals surface area contributed by atoms with Crippen LogP contribution in [0, 0.1) is 5.92 Å². The molecule has 112 valence electrons. The maximum absolute atomic E-state index is 12.6. The van der Waals surface area contributed by atoms with E-state index in [-0.39, 0.29) is 12.0 Å². The SMILES string of the molecule is CC(C)c1ccc(S(=O)(=O)N2CCC(N)C(C)C2)cc1. The molecular formula is C15H24N2O2S. The van der Waals surface area contributed by atoms with Crippen LogP contribution in [0.4, 0.5) is 0 Å². The van der Waals surface area contributed by atoms with E-state index in [2.05, 4.69) is 13.8 Å².